The average molecular weight is 171 g/mol. The highest BCUT2D eigenvalue weighted by Gasteiger charge is 2.04. The second-order valence-corrected chi connectivity index (χ2v) is 2.75. The smallest absolute Gasteiger partial charge is 0.312 e. The van der Waals surface area contributed by atoms with Crippen molar-refractivity contribution in [2.24, 2.45) is 0 Å². The molecule has 0 aromatic carbocycles. The summed E-state index contributed by atoms with van der Waals surface area (Å²) < 4.78 is 4.74. The van der Waals surface area contributed by atoms with Crippen LogP contribution < -0.4 is 0 Å². The standard InChI is InChI=1S/C9H17NO2/c1-3-5-7-8(10)12-9(11)6-4-2/h10H,3-7H2,1-2H3. The second kappa shape index (κ2) is 6.83. The Morgan fingerprint density at radius 1 is 1.25 bits per heavy atom. The van der Waals surface area contributed by atoms with Crippen molar-refractivity contribution in [1.82, 2.24) is 0 Å². The summed E-state index contributed by atoms with van der Waals surface area (Å²) in [6, 6.07) is 0. The monoisotopic (exact) mass is 171 g/mol. The van der Waals surface area contributed by atoms with Gasteiger partial charge in [-0.05, 0) is 12.8 Å². The molecule has 0 unspecified atom stereocenters. The Hall–Kier alpha value is -0.860. The molecule has 3 heteroatoms. The molecule has 1 N–H and O–H groups in total. The van der Waals surface area contributed by atoms with Crippen molar-refractivity contribution in [2.45, 2.75) is 46.0 Å². The first kappa shape index (κ1) is 11.1. The lowest BCUT2D eigenvalue weighted by atomic mass is 10.2. The normalized spacial score (nSPS) is 9.50. The van der Waals surface area contributed by atoms with Gasteiger partial charge in [0.25, 0.3) is 0 Å². The lowest BCUT2D eigenvalue weighted by molar-refractivity contribution is -0.135. The van der Waals surface area contributed by atoms with Gasteiger partial charge in [0.15, 0.2) is 5.90 Å². The van der Waals surface area contributed by atoms with E-state index in [1.807, 2.05) is 13.8 Å². The van der Waals surface area contributed by atoms with Gasteiger partial charge in [-0.2, -0.15) is 0 Å². The van der Waals surface area contributed by atoms with Crippen LogP contribution in [0, 0.1) is 5.41 Å². The first-order valence-electron chi connectivity index (χ1n) is 4.48. The molecule has 0 heterocycles. The molecule has 70 valence electrons. The molecule has 3 nitrogen and oxygen atoms in total. The van der Waals surface area contributed by atoms with Crippen molar-refractivity contribution in [3.05, 3.63) is 0 Å². The fraction of sp³-hybridized carbons (Fsp3) is 0.778. The third-order valence-corrected chi connectivity index (χ3v) is 1.45. The number of nitrogens with one attached hydrogen (secondary N) is 1. The number of esters is 1. The molecule has 0 aliphatic heterocycles. The van der Waals surface area contributed by atoms with Crippen molar-refractivity contribution in [2.75, 3.05) is 0 Å². The van der Waals surface area contributed by atoms with Gasteiger partial charge in [-0.25, -0.2) is 0 Å². The van der Waals surface area contributed by atoms with E-state index in [0.29, 0.717) is 12.8 Å². The highest BCUT2D eigenvalue weighted by atomic mass is 16.5. The maximum Gasteiger partial charge on any atom is 0.312 e. The largest absolute Gasteiger partial charge is 0.412 e. The van der Waals surface area contributed by atoms with E-state index in [0.717, 1.165) is 19.3 Å². The maximum atomic E-state index is 10.9. The number of hydrogen-bond acceptors (Lipinski definition) is 3. The van der Waals surface area contributed by atoms with Gasteiger partial charge in [-0.15, -0.1) is 0 Å². The van der Waals surface area contributed by atoms with E-state index < -0.39 is 0 Å². The average Bonchev–Trinajstić information content (AvgIpc) is 2.01. The molecular weight excluding hydrogens is 154 g/mol. The van der Waals surface area contributed by atoms with Crippen LogP contribution in [0.25, 0.3) is 0 Å². The van der Waals surface area contributed by atoms with E-state index in [1.165, 1.54) is 0 Å². The summed E-state index contributed by atoms with van der Waals surface area (Å²) in [6.07, 6.45) is 3.70. The molecule has 0 aromatic rings. The Morgan fingerprint density at radius 3 is 2.42 bits per heavy atom. The molecule has 12 heavy (non-hydrogen) atoms. The zero-order valence-corrected chi connectivity index (χ0v) is 7.85. The third kappa shape index (κ3) is 5.89. The SMILES string of the molecule is CCCCC(=N)OC(=O)CCC. The molecule has 0 aromatic heterocycles. The summed E-state index contributed by atoms with van der Waals surface area (Å²) in [7, 11) is 0. The van der Waals surface area contributed by atoms with E-state index >= 15 is 0 Å². The zero-order chi connectivity index (χ0) is 9.40. The van der Waals surface area contributed by atoms with Gasteiger partial charge in [0, 0.05) is 12.8 Å². The number of unbranched alkanes of at least 4 members (excludes halogenated alkanes) is 1. The highest BCUT2D eigenvalue weighted by Crippen LogP contribution is 1.99. The Kier molecular flexibility index (Phi) is 6.34. The maximum absolute atomic E-state index is 10.9. The van der Waals surface area contributed by atoms with Gasteiger partial charge in [-0.3, -0.25) is 10.2 Å². The Morgan fingerprint density at radius 2 is 1.92 bits per heavy atom. The van der Waals surface area contributed by atoms with Gasteiger partial charge in [0.1, 0.15) is 0 Å². The zero-order valence-electron chi connectivity index (χ0n) is 7.85. The number of carbonyl (C=O) groups is 1. The van der Waals surface area contributed by atoms with E-state index in [2.05, 4.69) is 0 Å². The fourth-order valence-electron chi connectivity index (χ4n) is 0.781. The fourth-order valence-corrected chi connectivity index (χ4v) is 0.781. The lowest BCUT2D eigenvalue weighted by Gasteiger charge is -2.03. The summed E-state index contributed by atoms with van der Waals surface area (Å²) in [5.41, 5.74) is 0. The molecule has 0 saturated carbocycles. The minimum atomic E-state index is -0.279. The van der Waals surface area contributed by atoms with Crippen molar-refractivity contribution in [1.29, 1.82) is 5.41 Å². The molecule has 0 spiro atoms. The Labute approximate surface area is 73.6 Å². The first-order valence-corrected chi connectivity index (χ1v) is 4.48. The number of carbonyl (C=O) groups excluding carboxylic acids is 1. The van der Waals surface area contributed by atoms with Crippen LogP contribution >= 0.6 is 0 Å². The van der Waals surface area contributed by atoms with E-state index in [-0.39, 0.29) is 11.9 Å². The summed E-state index contributed by atoms with van der Waals surface area (Å²) in [4.78, 5) is 10.9. The molecule has 0 amide bonds. The van der Waals surface area contributed by atoms with Crippen LogP contribution in [0.1, 0.15) is 46.0 Å². The third-order valence-electron chi connectivity index (χ3n) is 1.45. The van der Waals surface area contributed by atoms with Gasteiger partial charge < -0.3 is 4.74 Å². The molecule has 0 bridgehead atoms. The molecule has 0 radical (unpaired) electrons. The number of ether oxygens (including phenoxy) is 1. The van der Waals surface area contributed by atoms with Crippen LogP contribution in [-0.4, -0.2) is 11.9 Å². The highest BCUT2D eigenvalue weighted by molar-refractivity contribution is 5.86. The molecule has 0 fully saturated rings. The van der Waals surface area contributed by atoms with Gasteiger partial charge in [-0.1, -0.05) is 20.3 Å². The summed E-state index contributed by atoms with van der Waals surface area (Å²) in [5, 5.41) is 7.26. The number of hydrogen-bond donors (Lipinski definition) is 1. The van der Waals surface area contributed by atoms with E-state index in [4.69, 9.17) is 10.1 Å². The van der Waals surface area contributed by atoms with Crippen molar-refractivity contribution >= 4 is 11.9 Å². The number of rotatable bonds is 5. The van der Waals surface area contributed by atoms with Gasteiger partial charge in [0.2, 0.25) is 0 Å². The predicted molar refractivity (Wildman–Crippen MR) is 48.3 cm³/mol. The van der Waals surface area contributed by atoms with Crippen molar-refractivity contribution < 1.29 is 9.53 Å². The Bertz CT molecular complexity index is 155. The molecule has 0 aliphatic carbocycles. The van der Waals surface area contributed by atoms with Crippen LogP contribution in [0.4, 0.5) is 0 Å². The van der Waals surface area contributed by atoms with Gasteiger partial charge >= 0.3 is 5.97 Å². The van der Waals surface area contributed by atoms with Gasteiger partial charge in [0.05, 0.1) is 0 Å². The predicted octanol–water partition coefficient (Wildman–Crippen LogP) is 2.50. The molecule has 0 rings (SSSR count). The second-order valence-electron chi connectivity index (χ2n) is 2.75. The van der Waals surface area contributed by atoms with Crippen LogP contribution in [0.3, 0.4) is 0 Å². The van der Waals surface area contributed by atoms with Crippen LogP contribution in [0.15, 0.2) is 0 Å². The lowest BCUT2D eigenvalue weighted by Crippen LogP contribution is -2.10. The minimum Gasteiger partial charge on any atom is -0.412 e. The quantitative estimate of drug-likeness (QED) is 0.392. The summed E-state index contributed by atoms with van der Waals surface area (Å²) >= 11 is 0. The van der Waals surface area contributed by atoms with Crippen molar-refractivity contribution in [3.63, 3.8) is 0 Å². The topological polar surface area (TPSA) is 50.1 Å². The van der Waals surface area contributed by atoms with Crippen molar-refractivity contribution in [3.8, 4) is 0 Å². The Balaban J connectivity index is 3.47. The summed E-state index contributed by atoms with van der Waals surface area (Å²) in [5.74, 6) is -0.172. The van der Waals surface area contributed by atoms with E-state index in [1.54, 1.807) is 0 Å². The van der Waals surface area contributed by atoms with Crippen LogP contribution in [-0.2, 0) is 9.53 Å². The first-order chi connectivity index (χ1) is 5.70. The molecule has 0 saturated heterocycles. The molecule has 0 atom stereocenters. The van der Waals surface area contributed by atoms with Crippen LogP contribution in [0.5, 0.6) is 0 Å². The molecule has 0 aliphatic rings. The molecular formula is C9H17NO2. The van der Waals surface area contributed by atoms with E-state index in [9.17, 15) is 4.79 Å². The summed E-state index contributed by atoms with van der Waals surface area (Å²) in [6.45, 7) is 3.96. The van der Waals surface area contributed by atoms with Crippen LogP contribution in [0.2, 0.25) is 0 Å². The minimum absolute atomic E-state index is 0.107.